The molecule has 3 rings (SSSR count). The number of methoxy groups -OCH3 is 1. The van der Waals surface area contributed by atoms with Crippen LogP contribution in [-0.4, -0.2) is 63.7 Å². The first-order valence-electron chi connectivity index (χ1n) is 9.87. The van der Waals surface area contributed by atoms with Gasteiger partial charge in [0, 0.05) is 37.4 Å². The van der Waals surface area contributed by atoms with Gasteiger partial charge in [-0.3, -0.25) is 9.59 Å². The molecule has 2 aromatic carbocycles. The van der Waals surface area contributed by atoms with E-state index in [1.165, 1.54) is 31.4 Å². The van der Waals surface area contributed by atoms with E-state index in [0.717, 1.165) is 0 Å². The highest BCUT2D eigenvalue weighted by atomic mass is 32.2. The Morgan fingerprint density at radius 1 is 1.00 bits per heavy atom. The first-order chi connectivity index (χ1) is 14.4. The smallest absolute Gasteiger partial charge is 0.253 e. The second-order valence-corrected chi connectivity index (χ2v) is 9.35. The van der Waals surface area contributed by atoms with Crippen molar-refractivity contribution >= 4 is 21.7 Å². The number of likely N-dealkylation sites (tertiary alicyclic amines) is 1. The average molecular weight is 431 g/mol. The fraction of sp³-hybridized carbons (Fsp3) is 0.364. The summed E-state index contributed by atoms with van der Waals surface area (Å²) in [6, 6.07) is 15.1. The number of hydrogen-bond acceptors (Lipinski definition) is 5. The predicted octanol–water partition coefficient (Wildman–Crippen LogP) is 2.14. The Morgan fingerprint density at radius 3 is 2.23 bits per heavy atom. The van der Waals surface area contributed by atoms with Gasteiger partial charge >= 0.3 is 0 Å². The van der Waals surface area contributed by atoms with E-state index in [1.54, 1.807) is 17.0 Å². The third-order valence-electron chi connectivity index (χ3n) is 5.17. The Bertz CT molecular complexity index is 966. The number of hydrogen-bond donors (Lipinski definition) is 1. The third-order valence-corrected chi connectivity index (χ3v) is 6.86. The van der Waals surface area contributed by atoms with Crippen molar-refractivity contribution in [1.82, 2.24) is 10.2 Å². The Morgan fingerprint density at radius 2 is 1.63 bits per heavy atom. The van der Waals surface area contributed by atoms with Crippen LogP contribution in [0.2, 0.25) is 0 Å². The number of carbonyl (C=O) groups excluding carboxylic acids is 2. The SMILES string of the molecule is COCCS(=O)(=O)c1ccc(C(=O)NC2CCN(C(=O)c3ccccc3)CC2)cc1. The van der Waals surface area contributed by atoms with Gasteiger partial charge < -0.3 is 15.0 Å². The molecule has 7 nitrogen and oxygen atoms in total. The molecule has 0 aromatic heterocycles. The largest absolute Gasteiger partial charge is 0.384 e. The Labute approximate surface area is 177 Å². The zero-order valence-electron chi connectivity index (χ0n) is 16.9. The summed E-state index contributed by atoms with van der Waals surface area (Å²) in [4.78, 5) is 27.0. The quantitative estimate of drug-likeness (QED) is 0.727. The first kappa shape index (κ1) is 22.0. The highest BCUT2D eigenvalue weighted by Gasteiger charge is 2.25. The minimum absolute atomic E-state index is 0.00523. The van der Waals surface area contributed by atoms with E-state index in [0.29, 0.717) is 37.1 Å². The maximum absolute atomic E-state index is 12.5. The fourth-order valence-corrected chi connectivity index (χ4v) is 4.56. The molecule has 1 saturated heterocycles. The molecular formula is C22H26N2O5S. The molecule has 0 atom stereocenters. The van der Waals surface area contributed by atoms with Crippen LogP contribution in [0, 0.1) is 0 Å². The van der Waals surface area contributed by atoms with Crippen LogP contribution in [0.4, 0.5) is 0 Å². The topological polar surface area (TPSA) is 92.8 Å². The van der Waals surface area contributed by atoms with Crippen molar-refractivity contribution in [2.24, 2.45) is 0 Å². The molecule has 1 heterocycles. The monoisotopic (exact) mass is 430 g/mol. The molecule has 0 saturated carbocycles. The molecule has 1 aliphatic heterocycles. The van der Waals surface area contributed by atoms with Gasteiger partial charge in [0.15, 0.2) is 9.84 Å². The van der Waals surface area contributed by atoms with Crippen molar-refractivity contribution in [3.8, 4) is 0 Å². The molecule has 1 aliphatic rings. The van der Waals surface area contributed by atoms with E-state index in [4.69, 9.17) is 4.74 Å². The van der Waals surface area contributed by atoms with Crippen molar-refractivity contribution in [3.63, 3.8) is 0 Å². The van der Waals surface area contributed by atoms with Gasteiger partial charge in [-0.1, -0.05) is 18.2 Å². The van der Waals surface area contributed by atoms with Crippen LogP contribution in [0.1, 0.15) is 33.6 Å². The molecule has 0 radical (unpaired) electrons. The molecule has 0 spiro atoms. The van der Waals surface area contributed by atoms with Crippen LogP contribution in [-0.2, 0) is 14.6 Å². The predicted molar refractivity (Wildman–Crippen MR) is 113 cm³/mol. The summed E-state index contributed by atoms with van der Waals surface area (Å²) in [7, 11) is -1.97. The summed E-state index contributed by atoms with van der Waals surface area (Å²) in [5, 5.41) is 2.98. The molecule has 1 fully saturated rings. The first-order valence-corrected chi connectivity index (χ1v) is 11.5. The summed E-state index contributed by atoms with van der Waals surface area (Å²) in [6.45, 7) is 1.28. The highest BCUT2D eigenvalue weighted by Crippen LogP contribution is 2.16. The van der Waals surface area contributed by atoms with Crippen molar-refractivity contribution in [2.75, 3.05) is 32.6 Å². The van der Waals surface area contributed by atoms with Crippen LogP contribution in [0.25, 0.3) is 0 Å². The maximum atomic E-state index is 12.5. The lowest BCUT2D eigenvalue weighted by Gasteiger charge is -2.32. The minimum Gasteiger partial charge on any atom is -0.384 e. The number of ether oxygens (including phenoxy) is 1. The molecule has 2 aromatic rings. The van der Waals surface area contributed by atoms with Gasteiger partial charge in [-0.15, -0.1) is 0 Å². The van der Waals surface area contributed by atoms with E-state index in [-0.39, 0.29) is 35.1 Å². The van der Waals surface area contributed by atoms with Gasteiger partial charge in [0.25, 0.3) is 11.8 Å². The van der Waals surface area contributed by atoms with E-state index < -0.39 is 9.84 Å². The molecule has 0 aliphatic carbocycles. The van der Waals surface area contributed by atoms with Crippen LogP contribution < -0.4 is 5.32 Å². The molecule has 1 N–H and O–H groups in total. The normalized spacial score (nSPS) is 15.0. The molecular weight excluding hydrogens is 404 g/mol. The summed E-state index contributed by atoms with van der Waals surface area (Å²) in [6.07, 6.45) is 1.35. The Balaban J connectivity index is 1.53. The number of nitrogens with one attached hydrogen (secondary N) is 1. The van der Waals surface area contributed by atoms with Gasteiger partial charge in [-0.05, 0) is 49.2 Å². The van der Waals surface area contributed by atoms with E-state index in [2.05, 4.69) is 5.32 Å². The Hall–Kier alpha value is -2.71. The third kappa shape index (κ3) is 5.46. The van der Waals surface area contributed by atoms with E-state index >= 15 is 0 Å². The number of carbonyl (C=O) groups is 2. The van der Waals surface area contributed by atoms with Crippen molar-refractivity contribution in [3.05, 3.63) is 65.7 Å². The zero-order chi connectivity index (χ0) is 21.6. The fourth-order valence-electron chi connectivity index (χ4n) is 3.38. The number of nitrogens with zero attached hydrogens (tertiary/aromatic N) is 1. The summed E-state index contributed by atoms with van der Waals surface area (Å²) in [5.41, 5.74) is 1.07. The number of piperidine rings is 1. The highest BCUT2D eigenvalue weighted by molar-refractivity contribution is 7.91. The van der Waals surface area contributed by atoms with Gasteiger partial charge in [0.2, 0.25) is 0 Å². The van der Waals surface area contributed by atoms with Gasteiger partial charge in [-0.25, -0.2) is 8.42 Å². The van der Waals surface area contributed by atoms with Crippen LogP contribution >= 0.6 is 0 Å². The number of benzene rings is 2. The lowest BCUT2D eigenvalue weighted by Crippen LogP contribution is -2.46. The summed E-state index contributed by atoms with van der Waals surface area (Å²) >= 11 is 0. The van der Waals surface area contributed by atoms with Gasteiger partial charge in [0.05, 0.1) is 17.3 Å². The van der Waals surface area contributed by atoms with E-state index in [9.17, 15) is 18.0 Å². The molecule has 2 amide bonds. The van der Waals surface area contributed by atoms with Crippen molar-refractivity contribution in [2.45, 2.75) is 23.8 Å². The van der Waals surface area contributed by atoms with Crippen molar-refractivity contribution in [1.29, 1.82) is 0 Å². The summed E-state index contributed by atoms with van der Waals surface area (Å²) < 4.78 is 29.2. The molecule has 0 unspecified atom stereocenters. The number of amides is 2. The van der Waals surface area contributed by atoms with Crippen LogP contribution in [0.5, 0.6) is 0 Å². The Kier molecular flexibility index (Phi) is 7.23. The number of rotatable bonds is 7. The van der Waals surface area contributed by atoms with E-state index in [1.807, 2.05) is 18.2 Å². The van der Waals surface area contributed by atoms with Crippen molar-refractivity contribution < 1.29 is 22.7 Å². The van der Waals surface area contributed by atoms with Crippen LogP contribution in [0.3, 0.4) is 0 Å². The summed E-state index contributed by atoms with van der Waals surface area (Å²) in [5.74, 6) is -0.343. The molecule has 160 valence electrons. The lowest BCUT2D eigenvalue weighted by atomic mass is 10.0. The standard InChI is InChI=1S/C22H26N2O5S/c1-29-15-16-30(27,28)20-9-7-17(8-10-20)21(25)23-19-11-13-24(14-12-19)22(26)18-5-3-2-4-6-18/h2-10,19H,11-16H2,1H3,(H,23,25). The van der Waals surface area contributed by atoms with Gasteiger partial charge in [0.1, 0.15) is 0 Å². The number of sulfone groups is 1. The molecule has 0 bridgehead atoms. The molecule has 8 heteroatoms. The van der Waals surface area contributed by atoms with Gasteiger partial charge in [-0.2, -0.15) is 0 Å². The average Bonchev–Trinajstić information content (AvgIpc) is 2.78. The second-order valence-electron chi connectivity index (χ2n) is 7.24. The van der Waals surface area contributed by atoms with Crippen LogP contribution in [0.15, 0.2) is 59.5 Å². The zero-order valence-corrected chi connectivity index (χ0v) is 17.7. The lowest BCUT2D eigenvalue weighted by molar-refractivity contribution is 0.0698. The minimum atomic E-state index is -3.42. The molecule has 30 heavy (non-hydrogen) atoms. The maximum Gasteiger partial charge on any atom is 0.253 e. The second kappa shape index (κ2) is 9.86.